The third-order valence-electron chi connectivity index (χ3n) is 5.03. The second-order valence-electron chi connectivity index (χ2n) is 7.67. The van der Waals surface area contributed by atoms with E-state index in [-0.39, 0.29) is 12.6 Å². The van der Waals surface area contributed by atoms with Crippen LogP contribution in [0, 0.1) is 0 Å². The zero-order valence-electron chi connectivity index (χ0n) is 18.9. The topological polar surface area (TPSA) is 176 Å². The molecule has 0 bridgehead atoms. The van der Waals surface area contributed by atoms with Crippen LogP contribution in [0.25, 0.3) is 22.4 Å². The van der Waals surface area contributed by atoms with Crippen LogP contribution in [0.1, 0.15) is 27.0 Å². The maximum absolute atomic E-state index is 11.9. The third-order valence-corrected chi connectivity index (χ3v) is 5.03. The Bertz CT molecular complexity index is 1250. The Morgan fingerprint density at radius 2 is 1.79 bits per heavy atom. The Morgan fingerprint density at radius 1 is 1.09 bits per heavy atom. The zero-order chi connectivity index (χ0) is 24.6. The van der Waals surface area contributed by atoms with E-state index in [0.29, 0.717) is 22.4 Å². The van der Waals surface area contributed by atoms with Crippen molar-refractivity contribution in [1.82, 2.24) is 29.3 Å². The Hall–Kier alpha value is -4.07. The summed E-state index contributed by atoms with van der Waals surface area (Å²) in [4.78, 5) is 48.0. The molecule has 4 rings (SSSR count). The highest BCUT2D eigenvalue weighted by Crippen LogP contribution is 2.37. The van der Waals surface area contributed by atoms with Gasteiger partial charge in [-0.2, -0.15) is 10.1 Å². The van der Waals surface area contributed by atoms with E-state index in [9.17, 15) is 14.4 Å². The summed E-state index contributed by atoms with van der Waals surface area (Å²) in [7, 11) is 1.76. The molecule has 4 heterocycles. The molecule has 180 valence electrons. The Balaban J connectivity index is 1.79. The highest BCUT2D eigenvalue weighted by Gasteiger charge is 2.51. The van der Waals surface area contributed by atoms with Gasteiger partial charge in [0.05, 0.1) is 12.5 Å². The van der Waals surface area contributed by atoms with Crippen LogP contribution in [-0.2, 0) is 40.4 Å². The molecule has 2 N–H and O–H groups in total. The highest BCUT2D eigenvalue weighted by molar-refractivity contribution is 5.88. The van der Waals surface area contributed by atoms with Crippen molar-refractivity contribution >= 4 is 35.0 Å². The number of rotatable bonds is 6. The minimum atomic E-state index is -1.09. The Morgan fingerprint density at radius 3 is 2.41 bits per heavy atom. The molecule has 0 aromatic carbocycles. The van der Waals surface area contributed by atoms with E-state index in [1.54, 1.807) is 24.1 Å². The normalized spacial score (nSPS) is 22.0. The summed E-state index contributed by atoms with van der Waals surface area (Å²) >= 11 is 0. The fourth-order valence-corrected chi connectivity index (χ4v) is 3.78. The summed E-state index contributed by atoms with van der Waals surface area (Å²) in [6.07, 6.45) is 0.711. The quantitative estimate of drug-likeness (QED) is 0.379. The first kappa shape index (κ1) is 23.1. The third kappa shape index (κ3) is 4.52. The number of hydrogen-bond acceptors (Lipinski definition) is 12. The van der Waals surface area contributed by atoms with Crippen LogP contribution in [0.4, 0.5) is 5.95 Å². The molecule has 3 aromatic rings. The largest absolute Gasteiger partial charge is 0.463 e. The number of esters is 3. The van der Waals surface area contributed by atoms with Gasteiger partial charge in [0.25, 0.3) is 0 Å². The van der Waals surface area contributed by atoms with Gasteiger partial charge in [-0.1, -0.05) is 0 Å². The van der Waals surface area contributed by atoms with Crippen molar-refractivity contribution < 1.29 is 33.3 Å². The number of fused-ring (bicyclic) bond motifs is 1. The molecule has 0 radical (unpaired) electrons. The van der Waals surface area contributed by atoms with Crippen LogP contribution in [-0.4, -0.2) is 72.1 Å². The zero-order valence-corrected chi connectivity index (χ0v) is 18.9. The number of anilines is 1. The molecule has 3 aromatic heterocycles. The van der Waals surface area contributed by atoms with E-state index in [0.717, 1.165) is 0 Å². The van der Waals surface area contributed by atoms with Crippen LogP contribution in [0.2, 0.25) is 0 Å². The fraction of sp³-hybridized carbons (Fsp3) is 0.450. The molecule has 1 aliphatic rings. The average molecular weight is 473 g/mol. The molecule has 1 fully saturated rings. The SMILES string of the molecule is CC(=O)OC[C@H]1O[C@@H](n2cnc3c(-c4cnn(C)c4)nc(N)nc32)[C@H](OC(C)=O)[C@@H]1OC(C)=O. The van der Waals surface area contributed by atoms with Crippen LogP contribution in [0.3, 0.4) is 0 Å². The van der Waals surface area contributed by atoms with Gasteiger partial charge in [-0.3, -0.25) is 23.6 Å². The number of nitrogens with zero attached hydrogens (tertiary/aromatic N) is 6. The molecule has 4 atom stereocenters. The lowest BCUT2D eigenvalue weighted by atomic mass is 10.1. The number of hydrogen-bond donors (Lipinski definition) is 1. The van der Waals surface area contributed by atoms with Gasteiger partial charge in [0.2, 0.25) is 5.95 Å². The minimum Gasteiger partial charge on any atom is -0.463 e. The van der Waals surface area contributed by atoms with Crippen molar-refractivity contribution in [2.24, 2.45) is 7.05 Å². The lowest BCUT2D eigenvalue weighted by Gasteiger charge is -2.23. The van der Waals surface area contributed by atoms with Crippen LogP contribution >= 0.6 is 0 Å². The molecular weight excluding hydrogens is 450 g/mol. The fourth-order valence-electron chi connectivity index (χ4n) is 3.78. The van der Waals surface area contributed by atoms with E-state index in [2.05, 4.69) is 20.1 Å². The second kappa shape index (κ2) is 9.05. The first-order chi connectivity index (χ1) is 16.1. The lowest BCUT2D eigenvalue weighted by molar-refractivity contribution is -0.166. The van der Waals surface area contributed by atoms with E-state index in [1.165, 1.54) is 31.7 Å². The second-order valence-corrected chi connectivity index (χ2v) is 7.67. The molecule has 0 amide bonds. The smallest absolute Gasteiger partial charge is 0.303 e. The number of aromatic nitrogens is 6. The summed E-state index contributed by atoms with van der Waals surface area (Å²) in [5, 5.41) is 4.15. The number of carbonyl (C=O) groups is 3. The molecule has 0 aliphatic carbocycles. The van der Waals surface area contributed by atoms with E-state index >= 15 is 0 Å². The van der Waals surface area contributed by atoms with Gasteiger partial charge >= 0.3 is 17.9 Å². The monoisotopic (exact) mass is 473 g/mol. The molecular formula is C20H23N7O7. The summed E-state index contributed by atoms with van der Waals surface area (Å²) in [6.45, 7) is 3.43. The summed E-state index contributed by atoms with van der Waals surface area (Å²) in [5.41, 5.74) is 7.78. The van der Waals surface area contributed by atoms with Crippen molar-refractivity contribution in [2.75, 3.05) is 12.3 Å². The van der Waals surface area contributed by atoms with Crippen LogP contribution in [0.5, 0.6) is 0 Å². The molecule has 1 aliphatic heterocycles. The van der Waals surface area contributed by atoms with E-state index in [4.69, 9.17) is 24.7 Å². The summed E-state index contributed by atoms with van der Waals surface area (Å²) in [5.74, 6) is -1.82. The van der Waals surface area contributed by atoms with Gasteiger partial charge in [0.1, 0.15) is 23.9 Å². The van der Waals surface area contributed by atoms with Gasteiger partial charge in [0.15, 0.2) is 24.1 Å². The first-order valence-electron chi connectivity index (χ1n) is 10.3. The van der Waals surface area contributed by atoms with Crippen LogP contribution < -0.4 is 5.73 Å². The minimum absolute atomic E-state index is 0.0249. The Kier molecular flexibility index (Phi) is 6.15. The first-order valence-corrected chi connectivity index (χ1v) is 10.3. The van der Waals surface area contributed by atoms with E-state index in [1.807, 2.05) is 0 Å². The maximum Gasteiger partial charge on any atom is 0.303 e. The molecule has 0 spiro atoms. The van der Waals surface area contributed by atoms with Gasteiger partial charge in [-0.25, -0.2) is 9.97 Å². The predicted octanol–water partition coefficient (Wildman–Crippen LogP) is 0.133. The molecule has 0 saturated carbocycles. The molecule has 0 unspecified atom stereocenters. The van der Waals surface area contributed by atoms with Gasteiger partial charge < -0.3 is 24.7 Å². The van der Waals surface area contributed by atoms with Crippen LogP contribution in [0.15, 0.2) is 18.7 Å². The molecule has 34 heavy (non-hydrogen) atoms. The summed E-state index contributed by atoms with van der Waals surface area (Å²) in [6, 6.07) is 0. The highest BCUT2D eigenvalue weighted by atomic mass is 16.7. The standard InChI is InChI=1S/C20H23N7O7/c1-9(28)31-7-13-16(32-10(2)29)17(33-11(3)30)19(34-13)27-8-22-15-14(12-5-23-26(4)6-12)24-20(21)25-18(15)27/h5-6,8,13,16-17,19H,7H2,1-4H3,(H2,21,24,25)/t13-,16-,17-,19-/m1/s1. The number of carbonyl (C=O) groups excluding carboxylic acids is 3. The number of nitrogens with two attached hydrogens (primary N) is 1. The Labute approximate surface area is 193 Å². The van der Waals surface area contributed by atoms with Gasteiger partial charge in [0, 0.05) is 39.6 Å². The number of ether oxygens (including phenoxy) is 4. The number of aryl methyl sites for hydroxylation is 1. The molecule has 1 saturated heterocycles. The van der Waals surface area contributed by atoms with Crippen molar-refractivity contribution in [2.45, 2.75) is 45.3 Å². The van der Waals surface area contributed by atoms with Crippen molar-refractivity contribution in [1.29, 1.82) is 0 Å². The van der Waals surface area contributed by atoms with Gasteiger partial charge in [-0.15, -0.1) is 0 Å². The predicted molar refractivity (Wildman–Crippen MR) is 114 cm³/mol. The maximum atomic E-state index is 11.9. The van der Waals surface area contributed by atoms with Gasteiger partial charge in [-0.05, 0) is 0 Å². The number of nitrogen functional groups attached to an aromatic ring is 1. The van der Waals surface area contributed by atoms with Crippen molar-refractivity contribution in [3.05, 3.63) is 18.7 Å². The average Bonchev–Trinajstić information content (AvgIpc) is 3.43. The molecule has 14 nitrogen and oxygen atoms in total. The summed E-state index contributed by atoms with van der Waals surface area (Å²) < 4.78 is 25.1. The van der Waals surface area contributed by atoms with Crippen molar-refractivity contribution in [3.8, 4) is 11.3 Å². The van der Waals surface area contributed by atoms with E-state index < -0.39 is 42.4 Å². The molecule has 14 heteroatoms. The number of imidazole rings is 1. The van der Waals surface area contributed by atoms with Crippen molar-refractivity contribution in [3.63, 3.8) is 0 Å². The lowest BCUT2D eigenvalue weighted by Crippen LogP contribution is -2.40.